The molecule has 0 spiro atoms. The molecule has 2 N–H and O–H groups in total. The summed E-state index contributed by atoms with van der Waals surface area (Å²) in [5.74, 6) is 1.13. The molecule has 2 heterocycles. The van der Waals surface area contributed by atoms with Crippen LogP contribution in [0.2, 0.25) is 5.02 Å². The molecule has 0 aliphatic heterocycles. The summed E-state index contributed by atoms with van der Waals surface area (Å²) >= 11 is 6.05. The van der Waals surface area contributed by atoms with Gasteiger partial charge in [-0.15, -0.1) is 0 Å². The summed E-state index contributed by atoms with van der Waals surface area (Å²) in [6.07, 6.45) is 0. The summed E-state index contributed by atoms with van der Waals surface area (Å²) in [5.41, 5.74) is 7.02. The summed E-state index contributed by atoms with van der Waals surface area (Å²) in [5, 5.41) is 1.55. The number of para-hydroxylation sites is 1. The summed E-state index contributed by atoms with van der Waals surface area (Å²) < 4.78 is 5.69. The highest BCUT2D eigenvalue weighted by molar-refractivity contribution is 6.34. The molecule has 84 valence electrons. The Kier molecular flexibility index (Phi) is 2.27. The number of benzene rings is 1. The normalized spacial score (nSPS) is 10.9. The molecule has 17 heavy (non-hydrogen) atoms. The van der Waals surface area contributed by atoms with Gasteiger partial charge in [0.15, 0.2) is 11.3 Å². The molecule has 3 rings (SSSR count). The van der Waals surface area contributed by atoms with Gasteiger partial charge < -0.3 is 10.2 Å². The first-order chi connectivity index (χ1) is 8.24. The molecule has 0 saturated heterocycles. The number of nitrogens with zero attached hydrogens (tertiary/aromatic N) is 1. The van der Waals surface area contributed by atoms with Crippen molar-refractivity contribution in [3.05, 3.63) is 47.5 Å². The topological polar surface area (TPSA) is 52.0 Å². The van der Waals surface area contributed by atoms with Crippen molar-refractivity contribution in [2.24, 2.45) is 0 Å². The highest BCUT2D eigenvalue weighted by Crippen LogP contribution is 2.31. The minimum Gasteiger partial charge on any atom is -0.453 e. The van der Waals surface area contributed by atoms with Crippen LogP contribution in [0.25, 0.3) is 22.4 Å². The molecule has 1 aromatic carbocycles. The maximum absolute atomic E-state index is 6.05. The van der Waals surface area contributed by atoms with E-state index in [4.69, 9.17) is 21.8 Å². The van der Waals surface area contributed by atoms with E-state index in [0.29, 0.717) is 27.9 Å². The Morgan fingerprint density at radius 3 is 2.71 bits per heavy atom. The Bertz CT molecular complexity index is 691. The molecule has 0 saturated carbocycles. The Labute approximate surface area is 103 Å². The van der Waals surface area contributed by atoms with E-state index in [2.05, 4.69) is 4.98 Å². The van der Waals surface area contributed by atoms with Crippen LogP contribution in [0.3, 0.4) is 0 Å². The van der Waals surface area contributed by atoms with E-state index in [0.717, 1.165) is 5.39 Å². The van der Waals surface area contributed by atoms with Gasteiger partial charge in [0.2, 0.25) is 0 Å². The summed E-state index contributed by atoms with van der Waals surface area (Å²) in [4.78, 5) is 4.21. The zero-order chi connectivity index (χ0) is 11.8. The van der Waals surface area contributed by atoms with E-state index in [1.165, 1.54) is 0 Å². The van der Waals surface area contributed by atoms with Gasteiger partial charge in [0.25, 0.3) is 0 Å². The lowest BCUT2D eigenvalue weighted by Gasteiger charge is -1.96. The molecule has 4 heteroatoms. The standard InChI is InChI=1S/C13H9ClN2O/c14-9-4-1-3-8-7-11(17-13(8)9)10-5-2-6-12(15)16-10/h1-7H,(H2,15,16). The SMILES string of the molecule is Nc1cccc(-c2cc3cccc(Cl)c3o2)n1. The van der Waals surface area contributed by atoms with Crippen LogP contribution in [0.4, 0.5) is 5.82 Å². The Hall–Kier alpha value is -2.00. The van der Waals surface area contributed by atoms with Gasteiger partial charge in [0, 0.05) is 5.39 Å². The Morgan fingerprint density at radius 2 is 1.94 bits per heavy atom. The van der Waals surface area contributed by atoms with Crippen molar-refractivity contribution < 1.29 is 4.42 Å². The first-order valence-corrected chi connectivity index (χ1v) is 5.53. The molecule has 0 atom stereocenters. The smallest absolute Gasteiger partial charge is 0.153 e. The first-order valence-electron chi connectivity index (χ1n) is 5.15. The molecule has 0 radical (unpaired) electrons. The highest BCUT2D eigenvalue weighted by atomic mass is 35.5. The lowest BCUT2D eigenvalue weighted by Crippen LogP contribution is -1.90. The number of hydrogen-bond acceptors (Lipinski definition) is 3. The maximum Gasteiger partial charge on any atom is 0.153 e. The van der Waals surface area contributed by atoms with Gasteiger partial charge in [0.1, 0.15) is 11.5 Å². The molecular weight excluding hydrogens is 236 g/mol. The quantitative estimate of drug-likeness (QED) is 0.710. The third-order valence-electron chi connectivity index (χ3n) is 2.52. The van der Waals surface area contributed by atoms with E-state index >= 15 is 0 Å². The second-order valence-corrected chi connectivity index (χ2v) is 4.12. The van der Waals surface area contributed by atoms with Crippen LogP contribution >= 0.6 is 11.6 Å². The zero-order valence-electron chi connectivity index (χ0n) is 8.85. The number of rotatable bonds is 1. The van der Waals surface area contributed by atoms with Gasteiger partial charge in [-0.2, -0.15) is 0 Å². The van der Waals surface area contributed by atoms with Gasteiger partial charge in [-0.3, -0.25) is 0 Å². The van der Waals surface area contributed by atoms with E-state index in [1.807, 2.05) is 30.3 Å². The number of furan rings is 1. The summed E-state index contributed by atoms with van der Waals surface area (Å²) in [6, 6.07) is 13.0. The summed E-state index contributed by atoms with van der Waals surface area (Å²) in [7, 11) is 0. The van der Waals surface area contributed by atoms with Gasteiger partial charge in [-0.25, -0.2) is 4.98 Å². The van der Waals surface area contributed by atoms with Crippen LogP contribution in [0, 0.1) is 0 Å². The lowest BCUT2D eigenvalue weighted by atomic mass is 10.2. The van der Waals surface area contributed by atoms with Crippen molar-refractivity contribution in [2.45, 2.75) is 0 Å². The van der Waals surface area contributed by atoms with Crippen LogP contribution < -0.4 is 5.73 Å². The monoisotopic (exact) mass is 244 g/mol. The number of hydrogen-bond donors (Lipinski definition) is 1. The van der Waals surface area contributed by atoms with E-state index in [-0.39, 0.29) is 0 Å². The second kappa shape index (κ2) is 3.79. The van der Waals surface area contributed by atoms with Crippen molar-refractivity contribution in [3.8, 4) is 11.5 Å². The minimum absolute atomic E-state index is 0.467. The van der Waals surface area contributed by atoms with E-state index in [9.17, 15) is 0 Å². The van der Waals surface area contributed by atoms with Crippen LogP contribution in [-0.4, -0.2) is 4.98 Å². The summed E-state index contributed by atoms with van der Waals surface area (Å²) in [6.45, 7) is 0. The van der Waals surface area contributed by atoms with Crippen LogP contribution in [0.15, 0.2) is 46.9 Å². The molecular formula is C13H9ClN2O. The van der Waals surface area contributed by atoms with Crippen molar-refractivity contribution in [3.63, 3.8) is 0 Å². The van der Waals surface area contributed by atoms with E-state index in [1.54, 1.807) is 12.1 Å². The van der Waals surface area contributed by atoms with Crippen LogP contribution in [0.1, 0.15) is 0 Å². The molecule has 3 nitrogen and oxygen atoms in total. The van der Waals surface area contributed by atoms with Crippen molar-refractivity contribution in [2.75, 3.05) is 5.73 Å². The van der Waals surface area contributed by atoms with Gasteiger partial charge in [0.05, 0.1) is 5.02 Å². The van der Waals surface area contributed by atoms with Crippen LogP contribution in [0.5, 0.6) is 0 Å². The number of aromatic nitrogens is 1. The fraction of sp³-hybridized carbons (Fsp3) is 0. The number of halogens is 1. The van der Waals surface area contributed by atoms with E-state index < -0.39 is 0 Å². The fourth-order valence-electron chi connectivity index (χ4n) is 1.74. The number of pyridine rings is 1. The third-order valence-corrected chi connectivity index (χ3v) is 2.82. The van der Waals surface area contributed by atoms with Gasteiger partial charge >= 0.3 is 0 Å². The maximum atomic E-state index is 6.05. The molecule has 0 fully saturated rings. The minimum atomic E-state index is 0.467. The Morgan fingerprint density at radius 1 is 1.12 bits per heavy atom. The molecule has 2 aromatic heterocycles. The highest BCUT2D eigenvalue weighted by Gasteiger charge is 2.09. The Balaban J connectivity index is 2.22. The lowest BCUT2D eigenvalue weighted by molar-refractivity contribution is 0.629. The van der Waals surface area contributed by atoms with Crippen molar-refractivity contribution >= 4 is 28.4 Å². The predicted octanol–water partition coefficient (Wildman–Crippen LogP) is 3.73. The number of nitrogens with two attached hydrogens (primary N) is 1. The van der Waals surface area contributed by atoms with Crippen LogP contribution in [-0.2, 0) is 0 Å². The molecule has 0 amide bonds. The fourth-order valence-corrected chi connectivity index (χ4v) is 1.96. The number of anilines is 1. The molecule has 0 bridgehead atoms. The molecule has 3 aromatic rings. The average Bonchev–Trinajstić information content (AvgIpc) is 2.74. The molecule has 0 aliphatic carbocycles. The predicted molar refractivity (Wildman–Crippen MR) is 68.9 cm³/mol. The zero-order valence-corrected chi connectivity index (χ0v) is 9.61. The van der Waals surface area contributed by atoms with Crippen molar-refractivity contribution in [1.82, 2.24) is 4.98 Å². The largest absolute Gasteiger partial charge is 0.453 e. The number of fused-ring (bicyclic) bond motifs is 1. The molecule has 0 unspecified atom stereocenters. The second-order valence-electron chi connectivity index (χ2n) is 3.72. The molecule has 0 aliphatic rings. The first kappa shape index (κ1) is 10.2. The average molecular weight is 245 g/mol. The van der Waals surface area contributed by atoms with Gasteiger partial charge in [-0.1, -0.05) is 29.8 Å². The van der Waals surface area contributed by atoms with Gasteiger partial charge in [-0.05, 0) is 24.3 Å². The third kappa shape index (κ3) is 1.74. The number of nitrogen functional groups attached to an aromatic ring is 1. The van der Waals surface area contributed by atoms with Crippen molar-refractivity contribution in [1.29, 1.82) is 0 Å².